The second kappa shape index (κ2) is 3.86. The number of allylic oxidation sites excluding steroid dienone is 2. The van der Waals surface area contributed by atoms with Crippen molar-refractivity contribution in [3.8, 4) is 0 Å². The van der Waals surface area contributed by atoms with E-state index < -0.39 is 0 Å². The average molecular weight is 160 g/mol. The van der Waals surface area contributed by atoms with Crippen LogP contribution in [-0.4, -0.2) is 5.78 Å². The van der Waals surface area contributed by atoms with Gasteiger partial charge in [-0.25, -0.2) is 0 Å². The van der Waals surface area contributed by atoms with E-state index in [0.29, 0.717) is 0 Å². The highest BCUT2D eigenvalue weighted by Gasteiger charge is 2.02. The number of aryl methyl sites for hydroxylation is 1. The fraction of sp³-hybridized carbons (Fsp3) is 0.182. The van der Waals surface area contributed by atoms with Crippen molar-refractivity contribution in [3.63, 3.8) is 0 Å². The van der Waals surface area contributed by atoms with Gasteiger partial charge in [0.05, 0.1) is 0 Å². The van der Waals surface area contributed by atoms with E-state index in [1.807, 2.05) is 38.1 Å². The predicted molar refractivity (Wildman–Crippen MR) is 50.3 cm³/mol. The minimum atomic E-state index is 0.0793. The lowest BCUT2D eigenvalue weighted by Crippen LogP contribution is -1.96. The normalized spacial score (nSPS) is 10.5. The lowest BCUT2D eigenvalue weighted by Gasteiger charge is -1.99. The van der Waals surface area contributed by atoms with Crippen molar-refractivity contribution in [2.24, 2.45) is 0 Å². The summed E-state index contributed by atoms with van der Waals surface area (Å²) in [5.74, 6) is 0.0793. The molecule has 0 aliphatic rings. The Morgan fingerprint density at radius 1 is 1.33 bits per heavy atom. The average Bonchev–Trinajstić information content (AvgIpc) is 2.05. The monoisotopic (exact) mass is 160 g/mol. The number of hydrogen-bond donors (Lipinski definition) is 0. The Morgan fingerprint density at radius 3 is 2.58 bits per heavy atom. The maximum Gasteiger partial charge on any atom is 0.185 e. The van der Waals surface area contributed by atoms with Crippen molar-refractivity contribution in [2.75, 3.05) is 0 Å². The molecule has 1 heteroatoms. The van der Waals surface area contributed by atoms with Crippen LogP contribution in [-0.2, 0) is 0 Å². The van der Waals surface area contributed by atoms with Crippen LogP contribution in [0, 0.1) is 6.92 Å². The molecule has 1 aromatic carbocycles. The van der Waals surface area contributed by atoms with Crippen LogP contribution < -0.4 is 0 Å². The Balaban J connectivity index is 3.03. The molecule has 0 heterocycles. The molecular weight excluding hydrogens is 148 g/mol. The Kier molecular flexibility index (Phi) is 2.81. The third-order valence-electron chi connectivity index (χ3n) is 1.73. The summed E-state index contributed by atoms with van der Waals surface area (Å²) in [6.07, 6.45) is 3.34. The molecule has 0 saturated heterocycles. The fourth-order valence-corrected chi connectivity index (χ4v) is 1.09. The van der Waals surface area contributed by atoms with E-state index in [0.717, 1.165) is 11.1 Å². The Labute approximate surface area is 72.7 Å². The summed E-state index contributed by atoms with van der Waals surface area (Å²) >= 11 is 0. The highest BCUT2D eigenvalue weighted by molar-refractivity contribution is 6.05. The summed E-state index contributed by atoms with van der Waals surface area (Å²) in [6, 6.07) is 7.60. The molecule has 0 unspecified atom stereocenters. The van der Waals surface area contributed by atoms with Crippen LogP contribution in [0.25, 0.3) is 0 Å². The van der Waals surface area contributed by atoms with E-state index in [1.54, 1.807) is 12.2 Å². The molecule has 1 rings (SSSR count). The van der Waals surface area contributed by atoms with Crippen LogP contribution in [0.3, 0.4) is 0 Å². The summed E-state index contributed by atoms with van der Waals surface area (Å²) in [4.78, 5) is 11.4. The van der Waals surface area contributed by atoms with Crippen LogP contribution in [0.15, 0.2) is 36.4 Å². The maximum absolute atomic E-state index is 11.4. The van der Waals surface area contributed by atoms with Crippen LogP contribution >= 0.6 is 0 Å². The first-order valence-corrected chi connectivity index (χ1v) is 3.98. The lowest BCUT2D eigenvalue weighted by atomic mass is 10.0. The summed E-state index contributed by atoms with van der Waals surface area (Å²) in [6.45, 7) is 3.78. The molecule has 0 atom stereocenters. The van der Waals surface area contributed by atoms with Gasteiger partial charge in [0.2, 0.25) is 0 Å². The Morgan fingerprint density at radius 2 is 2.00 bits per heavy atom. The number of ketones is 1. The van der Waals surface area contributed by atoms with E-state index in [-0.39, 0.29) is 5.78 Å². The van der Waals surface area contributed by atoms with Crippen LogP contribution in [0.2, 0.25) is 0 Å². The molecule has 1 nitrogen and oxygen atoms in total. The summed E-state index contributed by atoms with van der Waals surface area (Å²) in [5.41, 5.74) is 1.82. The number of rotatable bonds is 2. The van der Waals surface area contributed by atoms with Gasteiger partial charge in [-0.1, -0.05) is 30.3 Å². The van der Waals surface area contributed by atoms with Crippen molar-refractivity contribution in [3.05, 3.63) is 47.5 Å². The summed E-state index contributed by atoms with van der Waals surface area (Å²) < 4.78 is 0. The SMILES string of the molecule is C/C=C\C(=O)c1ccccc1C. The van der Waals surface area contributed by atoms with E-state index in [9.17, 15) is 4.79 Å². The van der Waals surface area contributed by atoms with E-state index in [4.69, 9.17) is 0 Å². The molecule has 0 aliphatic carbocycles. The fourth-order valence-electron chi connectivity index (χ4n) is 1.09. The topological polar surface area (TPSA) is 17.1 Å². The third-order valence-corrected chi connectivity index (χ3v) is 1.73. The van der Waals surface area contributed by atoms with E-state index in [1.165, 1.54) is 0 Å². The Bertz CT molecular complexity index is 311. The first-order valence-electron chi connectivity index (χ1n) is 3.98. The molecule has 1 aromatic rings. The molecule has 0 fully saturated rings. The minimum absolute atomic E-state index is 0.0793. The first-order chi connectivity index (χ1) is 5.75. The second-order valence-corrected chi connectivity index (χ2v) is 2.68. The molecule has 0 aliphatic heterocycles. The lowest BCUT2D eigenvalue weighted by molar-refractivity contribution is 0.104. The Hall–Kier alpha value is -1.37. The van der Waals surface area contributed by atoms with Crippen molar-refractivity contribution in [1.29, 1.82) is 0 Å². The smallest absolute Gasteiger partial charge is 0.185 e. The van der Waals surface area contributed by atoms with Crippen LogP contribution in [0.4, 0.5) is 0 Å². The molecular formula is C11H12O. The number of benzene rings is 1. The quantitative estimate of drug-likeness (QED) is 0.480. The van der Waals surface area contributed by atoms with Gasteiger partial charge in [0.1, 0.15) is 0 Å². The van der Waals surface area contributed by atoms with Gasteiger partial charge in [0.25, 0.3) is 0 Å². The van der Waals surface area contributed by atoms with Crippen molar-refractivity contribution < 1.29 is 4.79 Å². The number of carbonyl (C=O) groups is 1. The zero-order valence-corrected chi connectivity index (χ0v) is 7.37. The van der Waals surface area contributed by atoms with Gasteiger partial charge in [0, 0.05) is 5.56 Å². The highest BCUT2D eigenvalue weighted by atomic mass is 16.1. The first kappa shape index (κ1) is 8.72. The van der Waals surface area contributed by atoms with Gasteiger partial charge < -0.3 is 0 Å². The second-order valence-electron chi connectivity index (χ2n) is 2.68. The van der Waals surface area contributed by atoms with Gasteiger partial charge in [-0.15, -0.1) is 0 Å². The molecule has 0 aromatic heterocycles. The number of carbonyl (C=O) groups excluding carboxylic acids is 1. The van der Waals surface area contributed by atoms with Crippen molar-refractivity contribution in [1.82, 2.24) is 0 Å². The van der Waals surface area contributed by atoms with E-state index >= 15 is 0 Å². The predicted octanol–water partition coefficient (Wildman–Crippen LogP) is 2.75. The molecule has 0 bridgehead atoms. The highest BCUT2D eigenvalue weighted by Crippen LogP contribution is 2.07. The maximum atomic E-state index is 11.4. The largest absolute Gasteiger partial charge is 0.289 e. The molecule has 0 spiro atoms. The van der Waals surface area contributed by atoms with Gasteiger partial charge in [0.15, 0.2) is 5.78 Å². The minimum Gasteiger partial charge on any atom is -0.289 e. The molecule has 12 heavy (non-hydrogen) atoms. The van der Waals surface area contributed by atoms with Crippen LogP contribution in [0.5, 0.6) is 0 Å². The van der Waals surface area contributed by atoms with E-state index in [2.05, 4.69) is 0 Å². The molecule has 0 radical (unpaired) electrons. The zero-order chi connectivity index (χ0) is 8.97. The number of hydrogen-bond acceptors (Lipinski definition) is 1. The van der Waals surface area contributed by atoms with Gasteiger partial charge in [-0.3, -0.25) is 4.79 Å². The summed E-state index contributed by atoms with van der Waals surface area (Å²) in [5, 5.41) is 0. The van der Waals surface area contributed by atoms with Gasteiger partial charge >= 0.3 is 0 Å². The zero-order valence-electron chi connectivity index (χ0n) is 7.37. The van der Waals surface area contributed by atoms with Crippen LogP contribution in [0.1, 0.15) is 22.8 Å². The van der Waals surface area contributed by atoms with Crippen molar-refractivity contribution >= 4 is 5.78 Å². The summed E-state index contributed by atoms with van der Waals surface area (Å²) in [7, 11) is 0. The van der Waals surface area contributed by atoms with Crippen molar-refractivity contribution in [2.45, 2.75) is 13.8 Å². The molecule has 0 amide bonds. The molecule has 0 saturated carbocycles. The third kappa shape index (κ3) is 1.82. The molecule has 62 valence electrons. The van der Waals surface area contributed by atoms with Gasteiger partial charge in [-0.05, 0) is 25.5 Å². The van der Waals surface area contributed by atoms with Gasteiger partial charge in [-0.2, -0.15) is 0 Å². The molecule has 0 N–H and O–H groups in total. The standard InChI is InChI=1S/C11H12O/c1-3-6-11(12)10-8-5-4-7-9(10)2/h3-8H,1-2H3/b6-3-.